The van der Waals surface area contributed by atoms with E-state index in [0.29, 0.717) is 25.3 Å². The van der Waals surface area contributed by atoms with Gasteiger partial charge in [-0.25, -0.2) is 13.2 Å². The minimum Gasteiger partial charge on any atom is -0.333 e. The second-order valence-corrected chi connectivity index (χ2v) is 7.37. The standard InChI is InChI=1S/C20H28F3N3O2/c1-3-9-26(18(28)10-13(2)14-5-4-8-24-11-14)12-17(27)25-16-7-6-15(21)19(22)20(16)23/h6-7,13-14,24H,3-5,8-12H2,1-2H3,(H,25,27). The third kappa shape index (κ3) is 5.95. The van der Waals surface area contributed by atoms with Gasteiger partial charge in [0.25, 0.3) is 0 Å². The van der Waals surface area contributed by atoms with Crippen LogP contribution < -0.4 is 10.6 Å². The normalized spacial score (nSPS) is 17.8. The zero-order valence-electron chi connectivity index (χ0n) is 16.4. The zero-order valence-corrected chi connectivity index (χ0v) is 16.4. The van der Waals surface area contributed by atoms with Crippen molar-refractivity contribution < 1.29 is 22.8 Å². The molecule has 1 aliphatic rings. The monoisotopic (exact) mass is 399 g/mol. The van der Waals surface area contributed by atoms with Crippen molar-refractivity contribution in [1.29, 1.82) is 0 Å². The zero-order chi connectivity index (χ0) is 20.7. The van der Waals surface area contributed by atoms with Gasteiger partial charge in [-0.2, -0.15) is 0 Å². The van der Waals surface area contributed by atoms with Gasteiger partial charge in [-0.3, -0.25) is 9.59 Å². The summed E-state index contributed by atoms with van der Waals surface area (Å²) in [6.07, 6.45) is 3.16. The van der Waals surface area contributed by atoms with Gasteiger partial charge in [0.1, 0.15) is 0 Å². The Bertz CT molecular complexity index is 694. The first-order valence-corrected chi connectivity index (χ1v) is 9.75. The highest BCUT2D eigenvalue weighted by molar-refractivity contribution is 5.94. The van der Waals surface area contributed by atoms with Gasteiger partial charge in [-0.15, -0.1) is 0 Å². The van der Waals surface area contributed by atoms with Crippen LogP contribution >= 0.6 is 0 Å². The lowest BCUT2D eigenvalue weighted by molar-refractivity contribution is -0.135. The van der Waals surface area contributed by atoms with Gasteiger partial charge in [0, 0.05) is 13.0 Å². The maximum Gasteiger partial charge on any atom is 0.244 e. The number of hydrogen-bond acceptors (Lipinski definition) is 3. The molecule has 1 fully saturated rings. The van der Waals surface area contributed by atoms with E-state index in [9.17, 15) is 22.8 Å². The van der Waals surface area contributed by atoms with E-state index in [4.69, 9.17) is 0 Å². The van der Waals surface area contributed by atoms with Crippen LogP contribution in [-0.4, -0.2) is 42.9 Å². The number of nitrogens with zero attached hydrogens (tertiary/aromatic N) is 1. The molecule has 2 rings (SSSR count). The lowest BCUT2D eigenvalue weighted by Gasteiger charge is -2.30. The first-order chi connectivity index (χ1) is 13.3. The van der Waals surface area contributed by atoms with Crippen molar-refractivity contribution in [2.24, 2.45) is 11.8 Å². The Morgan fingerprint density at radius 3 is 2.68 bits per heavy atom. The molecule has 0 aliphatic carbocycles. The molecular weight excluding hydrogens is 371 g/mol. The average molecular weight is 399 g/mol. The first kappa shape index (κ1) is 22.2. The molecule has 0 radical (unpaired) electrons. The highest BCUT2D eigenvalue weighted by atomic mass is 19.2. The van der Waals surface area contributed by atoms with E-state index in [0.717, 1.165) is 38.1 Å². The van der Waals surface area contributed by atoms with Crippen LogP contribution in [0, 0.1) is 29.3 Å². The summed E-state index contributed by atoms with van der Waals surface area (Å²) in [5, 5.41) is 5.55. The number of piperidine rings is 1. The third-order valence-corrected chi connectivity index (χ3v) is 5.13. The fourth-order valence-electron chi connectivity index (χ4n) is 3.48. The summed E-state index contributed by atoms with van der Waals surface area (Å²) in [6, 6.07) is 1.69. The van der Waals surface area contributed by atoms with Crippen LogP contribution in [0.1, 0.15) is 39.5 Å². The fourth-order valence-corrected chi connectivity index (χ4v) is 3.48. The largest absolute Gasteiger partial charge is 0.333 e. The van der Waals surface area contributed by atoms with Crippen molar-refractivity contribution in [2.75, 3.05) is 31.5 Å². The van der Waals surface area contributed by atoms with E-state index < -0.39 is 29.0 Å². The summed E-state index contributed by atoms with van der Waals surface area (Å²) in [4.78, 5) is 26.4. The van der Waals surface area contributed by atoms with Crippen LogP contribution in [-0.2, 0) is 9.59 Å². The molecule has 1 saturated heterocycles. The second kappa shape index (κ2) is 10.5. The Hall–Kier alpha value is -2.09. The Kier molecular flexibility index (Phi) is 8.29. The summed E-state index contributed by atoms with van der Waals surface area (Å²) in [7, 11) is 0. The first-order valence-electron chi connectivity index (χ1n) is 9.75. The van der Waals surface area contributed by atoms with E-state index in [1.807, 2.05) is 13.8 Å². The molecule has 2 atom stereocenters. The van der Waals surface area contributed by atoms with Crippen molar-refractivity contribution in [1.82, 2.24) is 10.2 Å². The number of anilines is 1. The third-order valence-electron chi connectivity index (χ3n) is 5.13. The molecule has 0 aromatic heterocycles. The molecule has 156 valence electrons. The van der Waals surface area contributed by atoms with Gasteiger partial charge in [0.05, 0.1) is 12.2 Å². The highest BCUT2D eigenvalue weighted by Crippen LogP contribution is 2.23. The van der Waals surface area contributed by atoms with E-state index in [1.165, 1.54) is 4.90 Å². The quantitative estimate of drug-likeness (QED) is 0.660. The van der Waals surface area contributed by atoms with Crippen LogP contribution in [0.5, 0.6) is 0 Å². The second-order valence-electron chi connectivity index (χ2n) is 7.37. The summed E-state index contributed by atoms with van der Waals surface area (Å²) in [6.45, 7) is 5.94. The molecule has 1 aromatic rings. The molecule has 1 heterocycles. The summed E-state index contributed by atoms with van der Waals surface area (Å²) < 4.78 is 40.0. The van der Waals surface area contributed by atoms with Crippen molar-refractivity contribution in [3.05, 3.63) is 29.6 Å². The number of nitrogens with one attached hydrogen (secondary N) is 2. The van der Waals surface area contributed by atoms with Gasteiger partial charge < -0.3 is 15.5 Å². The molecule has 1 aliphatic heterocycles. The van der Waals surface area contributed by atoms with Crippen LogP contribution in [0.3, 0.4) is 0 Å². The molecule has 2 N–H and O–H groups in total. The molecule has 2 amide bonds. The van der Waals surface area contributed by atoms with Gasteiger partial charge in [0.15, 0.2) is 17.5 Å². The van der Waals surface area contributed by atoms with E-state index in [2.05, 4.69) is 10.6 Å². The fraction of sp³-hybridized carbons (Fsp3) is 0.600. The van der Waals surface area contributed by atoms with E-state index >= 15 is 0 Å². The van der Waals surface area contributed by atoms with E-state index in [1.54, 1.807) is 0 Å². The molecule has 1 aromatic carbocycles. The molecule has 2 unspecified atom stereocenters. The number of carbonyl (C=O) groups is 2. The van der Waals surface area contributed by atoms with Gasteiger partial charge in [0.2, 0.25) is 11.8 Å². The van der Waals surface area contributed by atoms with Gasteiger partial charge in [-0.05, 0) is 56.3 Å². The SMILES string of the molecule is CCCN(CC(=O)Nc1ccc(F)c(F)c1F)C(=O)CC(C)C1CCCNC1. The molecule has 5 nitrogen and oxygen atoms in total. The van der Waals surface area contributed by atoms with Gasteiger partial charge >= 0.3 is 0 Å². The Balaban J connectivity index is 1.96. The number of halogens is 3. The van der Waals surface area contributed by atoms with Gasteiger partial charge in [-0.1, -0.05) is 13.8 Å². The van der Waals surface area contributed by atoms with Crippen molar-refractivity contribution >= 4 is 17.5 Å². The predicted molar refractivity (Wildman–Crippen MR) is 101 cm³/mol. The summed E-state index contributed by atoms with van der Waals surface area (Å²) in [5.41, 5.74) is -0.450. The average Bonchev–Trinajstić information content (AvgIpc) is 2.68. The minimum atomic E-state index is -1.64. The van der Waals surface area contributed by atoms with Crippen molar-refractivity contribution in [3.63, 3.8) is 0 Å². The smallest absolute Gasteiger partial charge is 0.244 e. The topological polar surface area (TPSA) is 61.4 Å². The van der Waals surface area contributed by atoms with Crippen LogP contribution in [0.15, 0.2) is 12.1 Å². The molecule has 0 spiro atoms. The number of rotatable bonds is 8. The lowest BCUT2D eigenvalue weighted by Crippen LogP contribution is -2.41. The number of benzene rings is 1. The van der Waals surface area contributed by atoms with Crippen molar-refractivity contribution in [3.8, 4) is 0 Å². The number of hydrogen-bond donors (Lipinski definition) is 2. The minimum absolute atomic E-state index is 0.138. The van der Waals surface area contributed by atoms with Crippen LogP contribution in [0.25, 0.3) is 0 Å². The summed E-state index contributed by atoms with van der Waals surface area (Å²) >= 11 is 0. The molecule has 0 saturated carbocycles. The predicted octanol–water partition coefficient (Wildman–Crippen LogP) is 3.31. The molecular formula is C20H28F3N3O2. The molecule has 8 heteroatoms. The maximum absolute atomic E-state index is 13.7. The van der Waals surface area contributed by atoms with Crippen LogP contribution in [0.2, 0.25) is 0 Å². The van der Waals surface area contributed by atoms with Crippen molar-refractivity contribution in [2.45, 2.75) is 39.5 Å². The Morgan fingerprint density at radius 1 is 1.29 bits per heavy atom. The Labute approximate surface area is 163 Å². The molecule has 28 heavy (non-hydrogen) atoms. The molecule has 0 bridgehead atoms. The van der Waals surface area contributed by atoms with E-state index in [-0.39, 0.29) is 18.4 Å². The highest BCUT2D eigenvalue weighted by Gasteiger charge is 2.25. The lowest BCUT2D eigenvalue weighted by atomic mass is 9.85. The van der Waals surface area contributed by atoms with Crippen LogP contribution in [0.4, 0.5) is 18.9 Å². The summed E-state index contributed by atoms with van der Waals surface area (Å²) in [5.74, 6) is -4.61. The Morgan fingerprint density at radius 2 is 2.04 bits per heavy atom. The maximum atomic E-state index is 13.7. The number of carbonyl (C=O) groups excluding carboxylic acids is 2. The number of amides is 2.